The summed E-state index contributed by atoms with van der Waals surface area (Å²) in [6.07, 6.45) is 0. The van der Waals surface area contributed by atoms with E-state index in [1.165, 1.54) is 31.6 Å². The first-order valence-electron chi connectivity index (χ1n) is 5.36. The third-order valence-electron chi connectivity index (χ3n) is 2.74. The number of ether oxygens (including phenoxy) is 2. The van der Waals surface area contributed by atoms with E-state index in [-0.39, 0.29) is 12.4 Å². The summed E-state index contributed by atoms with van der Waals surface area (Å²) < 4.78 is 24.2. The molecule has 1 aromatic heterocycles. The highest BCUT2D eigenvalue weighted by molar-refractivity contribution is 7.08. The van der Waals surface area contributed by atoms with Crippen molar-refractivity contribution >= 4 is 23.7 Å². The minimum absolute atomic E-state index is 0. The summed E-state index contributed by atoms with van der Waals surface area (Å²) in [7, 11) is 2.98. The molecule has 2 aromatic rings. The maximum absolute atomic E-state index is 14.0. The molecule has 0 radical (unpaired) electrons. The largest absolute Gasteiger partial charge is 0.493 e. The Morgan fingerprint density at radius 3 is 2.37 bits per heavy atom. The van der Waals surface area contributed by atoms with Crippen LogP contribution in [0.2, 0.25) is 0 Å². The molecule has 2 N–H and O–H groups in total. The monoisotopic (exact) mass is 303 g/mol. The Morgan fingerprint density at radius 2 is 1.84 bits per heavy atom. The number of thiophene rings is 1. The van der Waals surface area contributed by atoms with Gasteiger partial charge in [0.25, 0.3) is 0 Å². The third-order valence-corrected chi connectivity index (χ3v) is 3.44. The molecule has 6 heteroatoms. The smallest absolute Gasteiger partial charge is 0.163 e. The molecule has 0 unspecified atom stereocenters. The molecule has 1 heterocycles. The van der Waals surface area contributed by atoms with Crippen molar-refractivity contribution in [1.29, 1.82) is 0 Å². The molecule has 0 bridgehead atoms. The van der Waals surface area contributed by atoms with Crippen molar-refractivity contribution in [3.05, 3.63) is 45.9 Å². The van der Waals surface area contributed by atoms with Crippen LogP contribution >= 0.6 is 23.7 Å². The van der Waals surface area contributed by atoms with Gasteiger partial charge in [0.15, 0.2) is 11.5 Å². The predicted molar refractivity (Wildman–Crippen MR) is 77.1 cm³/mol. The molecule has 0 aliphatic rings. The lowest BCUT2D eigenvalue weighted by atomic mass is 10.0. The van der Waals surface area contributed by atoms with Crippen LogP contribution in [0.5, 0.6) is 11.5 Å². The minimum Gasteiger partial charge on any atom is -0.493 e. The molecule has 0 aliphatic heterocycles. The molecule has 1 aromatic carbocycles. The van der Waals surface area contributed by atoms with E-state index in [0.29, 0.717) is 17.1 Å². The summed E-state index contributed by atoms with van der Waals surface area (Å²) in [4.78, 5) is 0. The molecule has 0 saturated heterocycles. The fraction of sp³-hybridized carbons (Fsp3) is 0.231. The van der Waals surface area contributed by atoms with Crippen molar-refractivity contribution in [2.75, 3.05) is 14.2 Å². The van der Waals surface area contributed by atoms with Crippen LogP contribution in [0.1, 0.15) is 17.2 Å². The van der Waals surface area contributed by atoms with E-state index in [0.717, 1.165) is 5.56 Å². The van der Waals surface area contributed by atoms with Gasteiger partial charge in [0.2, 0.25) is 0 Å². The van der Waals surface area contributed by atoms with Crippen LogP contribution < -0.4 is 15.2 Å². The van der Waals surface area contributed by atoms with Crippen LogP contribution in [0.25, 0.3) is 0 Å². The van der Waals surface area contributed by atoms with Crippen LogP contribution in [-0.4, -0.2) is 14.2 Å². The van der Waals surface area contributed by atoms with E-state index in [1.54, 1.807) is 6.07 Å². The van der Waals surface area contributed by atoms with E-state index in [9.17, 15) is 4.39 Å². The van der Waals surface area contributed by atoms with Gasteiger partial charge >= 0.3 is 0 Å². The average Bonchev–Trinajstić information content (AvgIpc) is 2.91. The highest BCUT2D eigenvalue weighted by Crippen LogP contribution is 2.34. The molecular formula is C13H15ClFNO2S. The molecular weight excluding hydrogens is 289 g/mol. The second kappa shape index (κ2) is 6.75. The minimum atomic E-state index is -0.504. The van der Waals surface area contributed by atoms with Gasteiger partial charge in [-0.1, -0.05) is 0 Å². The van der Waals surface area contributed by atoms with Crippen molar-refractivity contribution in [2.24, 2.45) is 5.73 Å². The number of hydrogen-bond acceptors (Lipinski definition) is 4. The van der Waals surface area contributed by atoms with Crippen LogP contribution in [0.4, 0.5) is 4.39 Å². The Kier molecular flexibility index (Phi) is 5.60. The van der Waals surface area contributed by atoms with Crippen LogP contribution in [0.15, 0.2) is 29.0 Å². The maximum atomic E-state index is 14.0. The fourth-order valence-electron chi connectivity index (χ4n) is 1.74. The van der Waals surface area contributed by atoms with Crippen molar-refractivity contribution in [2.45, 2.75) is 6.04 Å². The molecule has 104 valence electrons. The molecule has 3 nitrogen and oxygen atoms in total. The summed E-state index contributed by atoms with van der Waals surface area (Å²) in [5.74, 6) is 0.433. The van der Waals surface area contributed by atoms with Gasteiger partial charge in [0.1, 0.15) is 5.82 Å². The predicted octanol–water partition coefficient (Wildman–Crippen LogP) is 3.37. The Morgan fingerprint density at radius 1 is 1.21 bits per heavy atom. The van der Waals surface area contributed by atoms with Gasteiger partial charge < -0.3 is 15.2 Å². The second-order valence-electron chi connectivity index (χ2n) is 3.76. The molecule has 0 amide bonds. The molecule has 0 saturated carbocycles. The van der Waals surface area contributed by atoms with Crippen molar-refractivity contribution in [1.82, 2.24) is 0 Å². The number of benzene rings is 1. The van der Waals surface area contributed by atoms with E-state index in [4.69, 9.17) is 15.2 Å². The number of nitrogens with two attached hydrogens (primary N) is 1. The van der Waals surface area contributed by atoms with E-state index in [2.05, 4.69) is 0 Å². The van der Waals surface area contributed by atoms with Gasteiger partial charge in [0, 0.05) is 11.6 Å². The third kappa shape index (κ3) is 3.18. The number of hydrogen-bond donors (Lipinski definition) is 1. The summed E-state index contributed by atoms with van der Waals surface area (Å²) in [5.41, 5.74) is 7.32. The lowest BCUT2D eigenvalue weighted by Gasteiger charge is -2.15. The molecule has 19 heavy (non-hydrogen) atoms. The Bertz CT molecular complexity index is 534. The van der Waals surface area contributed by atoms with Gasteiger partial charge in [-0.15, -0.1) is 12.4 Å². The summed E-state index contributed by atoms with van der Waals surface area (Å²) in [6, 6.07) is 4.25. The van der Waals surface area contributed by atoms with Crippen molar-refractivity contribution in [3.8, 4) is 11.5 Å². The first kappa shape index (κ1) is 15.8. The highest BCUT2D eigenvalue weighted by atomic mass is 35.5. The summed E-state index contributed by atoms with van der Waals surface area (Å²) in [5, 5.41) is 3.81. The average molecular weight is 304 g/mol. The number of methoxy groups -OCH3 is 2. The van der Waals surface area contributed by atoms with Gasteiger partial charge in [0.05, 0.1) is 20.3 Å². The number of rotatable bonds is 4. The highest BCUT2D eigenvalue weighted by Gasteiger charge is 2.18. The van der Waals surface area contributed by atoms with E-state index in [1.807, 2.05) is 16.8 Å². The zero-order valence-corrected chi connectivity index (χ0v) is 12.2. The fourth-order valence-corrected chi connectivity index (χ4v) is 2.44. The number of halogens is 2. The lowest BCUT2D eigenvalue weighted by molar-refractivity contribution is 0.351. The van der Waals surface area contributed by atoms with Crippen molar-refractivity contribution < 1.29 is 13.9 Å². The van der Waals surface area contributed by atoms with Gasteiger partial charge in [-0.25, -0.2) is 4.39 Å². The Labute approximate surface area is 121 Å². The Balaban J connectivity index is 0.00000180. The standard InChI is InChI=1S/C13H14FNO2S.ClH/c1-16-11-5-9(10(14)6-12(11)17-2)13(15)8-3-4-18-7-8;/h3-7,13H,15H2,1-2H3;1H/t13-;/m1./s1. The van der Waals surface area contributed by atoms with Crippen LogP contribution in [0, 0.1) is 5.82 Å². The molecule has 0 spiro atoms. The first-order valence-corrected chi connectivity index (χ1v) is 6.30. The van der Waals surface area contributed by atoms with Crippen LogP contribution in [0.3, 0.4) is 0 Å². The summed E-state index contributed by atoms with van der Waals surface area (Å²) in [6.45, 7) is 0. The molecule has 1 atom stereocenters. The van der Waals surface area contributed by atoms with Gasteiger partial charge in [-0.05, 0) is 28.5 Å². The SMILES string of the molecule is COc1cc(F)c([C@H](N)c2ccsc2)cc1OC.Cl. The summed E-state index contributed by atoms with van der Waals surface area (Å²) >= 11 is 1.53. The second-order valence-corrected chi connectivity index (χ2v) is 4.54. The van der Waals surface area contributed by atoms with E-state index >= 15 is 0 Å². The van der Waals surface area contributed by atoms with Gasteiger partial charge in [-0.3, -0.25) is 0 Å². The van der Waals surface area contributed by atoms with E-state index < -0.39 is 11.9 Å². The zero-order valence-electron chi connectivity index (χ0n) is 10.6. The topological polar surface area (TPSA) is 44.5 Å². The zero-order chi connectivity index (χ0) is 13.1. The lowest BCUT2D eigenvalue weighted by Crippen LogP contribution is -2.13. The molecule has 2 rings (SSSR count). The molecule has 0 aliphatic carbocycles. The first-order chi connectivity index (χ1) is 8.67. The van der Waals surface area contributed by atoms with Crippen LogP contribution in [-0.2, 0) is 0 Å². The van der Waals surface area contributed by atoms with Crippen molar-refractivity contribution in [3.63, 3.8) is 0 Å². The molecule has 0 fully saturated rings. The normalized spacial score (nSPS) is 11.6. The Hall–Kier alpha value is -1.30. The van der Waals surface area contributed by atoms with Gasteiger partial charge in [-0.2, -0.15) is 11.3 Å². The maximum Gasteiger partial charge on any atom is 0.163 e. The quantitative estimate of drug-likeness (QED) is 0.942.